The molecule has 0 bridgehead atoms. The maximum atomic E-state index is 12.7. The highest BCUT2D eigenvalue weighted by molar-refractivity contribution is 7.91. The molecule has 1 aliphatic heterocycles. The van der Waals surface area contributed by atoms with Gasteiger partial charge in [-0.3, -0.25) is 0 Å². The Morgan fingerprint density at radius 3 is 2.91 bits per heavy atom. The van der Waals surface area contributed by atoms with Gasteiger partial charge in [-0.2, -0.15) is 9.40 Å². The van der Waals surface area contributed by atoms with Crippen molar-refractivity contribution in [1.29, 1.82) is 0 Å². The second-order valence-corrected chi connectivity index (χ2v) is 8.62. The molecule has 1 atom stereocenters. The number of aromatic nitrogens is 2. The predicted molar refractivity (Wildman–Crippen MR) is 83.5 cm³/mol. The number of aryl methyl sites for hydroxylation is 1. The van der Waals surface area contributed by atoms with Gasteiger partial charge < -0.3 is 4.74 Å². The van der Waals surface area contributed by atoms with E-state index in [4.69, 9.17) is 4.74 Å². The maximum Gasteiger partial charge on any atom is 0.252 e. The lowest BCUT2D eigenvalue weighted by atomic mass is 10.1. The van der Waals surface area contributed by atoms with E-state index in [1.54, 1.807) is 24.4 Å². The van der Waals surface area contributed by atoms with Gasteiger partial charge in [0.2, 0.25) is 5.88 Å². The first-order chi connectivity index (χ1) is 10.6. The summed E-state index contributed by atoms with van der Waals surface area (Å²) in [6.45, 7) is 2.77. The summed E-state index contributed by atoms with van der Waals surface area (Å²) in [5, 5.41) is 7.65. The highest BCUT2D eigenvalue weighted by Gasteiger charge is 2.32. The molecule has 22 heavy (non-hydrogen) atoms. The largest absolute Gasteiger partial charge is 0.472 e. The fourth-order valence-electron chi connectivity index (χ4n) is 2.42. The van der Waals surface area contributed by atoms with E-state index in [9.17, 15) is 8.42 Å². The number of sulfonamides is 1. The molecule has 3 heterocycles. The lowest BCUT2D eigenvalue weighted by Gasteiger charge is -2.31. The molecule has 8 heteroatoms. The molecule has 2 aromatic heterocycles. The first kappa shape index (κ1) is 15.4. The van der Waals surface area contributed by atoms with Crippen LogP contribution in [-0.2, 0) is 10.0 Å². The monoisotopic (exact) mass is 339 g/mol. The second-order valence-electron chi connectivity index (χ2n) is 5.17. The maximum absolute atomic E-state index is 12.7. The van der Waals surface area contributed by atoms with Crippen molar-refractivity contribution in [3.8, 4) is 5.88 Å². The average molecular weight is 339 g/mol. The Bertz CT molecular complexity index is 731. The zero-order valence-electron chi connectivity index (χ0n) is 12.2. The summed E-state index contributed by atoms with van der Waals surface area (Å²) in [4.78, 5) is 0.989. The molecule has 1 fully saturated rings. The lowest BCUT2D eigenvalue weighted by molar-refractivity contribution is 0.123. The van der Waals surface area contributed by atoms with Crippen molar-refractivity contribution in [2.24, 2.45) is 0 Å². The van der Waals surface area contributed by atoms with Crippen molar-refractivity contribution in [2.75, 3.05) is 13.1 Å². The molecular weight excluding hydrogens is 322 g/mol. The summed E-state index contributed by atoms with van der Waals surface area (Å²) in [5.74, 6) is 0.429. The van der Waals surface area contributed by atoms with Gasteiger partial charge in [0, 0.05) is 23.7 Å². The molecule has 3 rings (SSSR count). The fourth-order valence-corrected chi connectivity index (χ4v) is 5.37. The topological polar surface area (TPSA) is 72.4 Å². The van der Waals surface area contributed by atoms with E-state index in [0.29, 0.717) is 23.2 Å². The number of rotatable bonds is 4. The molecule has 0 aromatic carbocycles. The van der Waals surface area contributed by atoms with Crippen molar-refractivity contribution in [1.82, 2.24) is 14.5 Å². The van der Waals surface area contributed by atoms with Crippen LogP contribution in [0.2, 0.25) is 0 Å². The lowest BCUT2D eigenvalue weighted by Crippen LogP contribution is -2.44. The molecule has 0 radical (unpaired) electrons. The van der Waals surface area contributed by atoms with Gasteiger partial charge >= 0.3 is 0 Å². The van der Waals surface area contributed by atoms with Crippen LogP contribution in [0.3, 0.4) is 0 Å². The number of ether oxygens (including phenoxy) is 1. The molecule has 2 aromatic rings. The third-order valence-electron chi connectivity index (χ3n) is 3.49. The molecule has 6 nitrogen and oxygen atoms in total. The van der Waals surface area contributed by atoms with Crippen molar-refractivity contribution in [2.45, 2.75) is 30.1 Å². The van der Waals surface area contributed by atoms with E-state index < -0.39 is 10.0 Å². The first-order valence-corrected chi connectivity index (χ1v) is 9.32. The van der Waals surface area contributed by atoms with Crippen LogP contribution in [-0.4, -0.2) is 42.1 Å². The third-order valence-corrected chi connectivity index (χ3v) is 6.82. The van der Waals surface area contributed by atoms with Gasteiger partial charge in [-0.05, 0) is 38.0 Å². The van der Waals surface area contributed by atoms with Crippen LogP contribution in [0.1, 0.15) is 17.7 Å². The molecule has 1 unspecified atom stereocenters. The van der Waals surface area contributed by atoms with E-state index in [0.717, 1.165) is 17.7 Å². The van der Waals surface area contributed by atoms with Crippen molar-refractivity contribution in [3.63, 3.8) is 0 Å². The number of hydrogen-bond donors (Lipinski definition) is 0. The Labute approximate surface area is 133 Å². The predicted octanol–water partition coefficient (Wildman–Crippen LogP) is 2.08. The number of hydrogen-bond acceptors (Lipinski definition) is 6. The van der Waals surface area contributed by atoms with E-state index >= 15 is 0 Å². The van der Waals surface area contributed by atoms with Gasteiger partial charge in [-0.25, -0.2) is 8.42 Å². The first-order valence-electron chi connectivity index (χ1n) is 7.06. The number of piperidine rings is 1. The van der Waals surface area contributed by atoms with Crippen LogP contribution in [0.4, 0.5) is 0 Å². The summed E-state index contributed by atoms with van der Waals surface area (Å²) < 4.78 is 32.9. The minimum Gasteiger partial charge on any atom is -0.472 e. The minimum atomic E-state index is -3.43. The van der Waals surface area contributed by atoms with Gasteiger partial charge in [0.05, 0.1) is 6.54 Å². The van der Waals surface area contributed by atoms with E-state index in [2.05, 4.69) is 10.2 Å². The summed E-state index contributed by atoms with van der Waals surface area (Å²) in [5.41, 5.74) is 0. The van der Waals surface area contributed by atoms with Crippen molar-refractivity contribution >= 4 is 21.4 Å². The average Bonchev–Trinajstić information content (AvgIpc) is 2.96. The molecule has 0 saturated carbocycles. The molecule has 0 amide bonds. The Morgan fingerprint density at radius 2 is 2.23 bits per heavy atom. The van der Waals surface area contributed by atoms with Gasteiger partial charge in [0.25, 0.3) is 10.0 Å². The smallest absolute Gasteiger partial charge is 0.252 e. The standard InChI is InChI=1S/C14H17N3O3S2/c1-11-6-7-14(21-11)22(18,19)17-9-3-4-12(10-17)20-13-5-2-8-15-16-13/h2,5-8,12H,3-4,9-10H2,1H3. The Hall–Kier alpha value is -1.51. The molecule has 0 N–H and O–H groups in total. The molecule has 118 valence electrons. The second kappa shape index (κ2) is 6.31. The molecular formula is C14H17N3O3S2. The van der Waals surface area contributed by atoms with E-state index in [1.807, 2.05) is 13.0 Å². The molecule has 1 aliphatic rings. The highest BCUT2D eigenvalue weighted by atomic mass is 32.2. The Kier molecular flexibility index (Phi) is 4.42. The fraction of sp³-hybridized carbons (Fsp3) is 0.429. The van der Waals surface area contributed by atoms with Crippen LogP contribution >= 0.6 is 11.3 Å². The normalized spacial score (nSPS) is 20.0. The Balaban J connectivity index is 1.73. The minimum absolute atomic E-state index is 0.193. The Morgan fingerprint density at radius 1 is 1.36 bits per heavy atom. The van der Waals surface area contributed by atoms with Crippen molar-refractivity contribution in [3.05, 3.63) is 35.3 Å². The van der Waals surface area contributed by atoms with Gasteiger partial charge in [0.15, 0.2) is 0 Å². The van der Waals surface area contributed by atoms with Crippen molar-refractivity contribution < 1.29 is 13.2 Å². The van der Waals surface area contributed by atoms with Crippen LogP contribution in [0.5, 0.6) is 5.88 Å². The van der Waals surface area contributed by atoms with Crippen LogP contribution in [0.15, 0.2) is 34.7 Å². The van der Waals surface area contributed by atoms with E-state index in [1.165, 1.54) is 15.6 Å². The number of thiophene rings is 1. The van der Waals surface area contributed by atoms with Gasteiger partial charge in [-0.15, -0.1) is 16.4 Å². The molecule has 0 aliphatic carbocycles. The summed E-state index contributed by atoms with van der Waals surface area (Å²) in [7, 11) is -3.43. The number of nitrogens with zero attached hydrogens (tertiary/aromatic N) is 3. The molecule has 0 spiro atoms. The zero-order chi connectivity index (χ0) is 15.6. The summed E-state index contributed by atoms with van der Waals surface area (Å²) in [6.07, 6.45) is 2.96. The quantitative estimate of drug-likeness (QED) is 0.853. The van der Waals surface area contributed by atoms with Gasteiger partial charge in [0.1, 0.15) is 10.3 Å². The SMILES string of the molecule is Cc1ccc(S(=O)(=O)N2CCCC(Oc3cccnn3)C2)s1. The zero-order valence-corrected chi connectivity index (χ0v) is 13.8. The summed E-state index contributed by atoms with van der Waals surface area (Å²) >= 11 is 1.30. The van der Waals surface area contributed by atoms with E-state index in [-0.39, 0.29) is 6.10 Å². The highest BCUT2D eigenvalue weighted by Crippen LogP contribution is 2.27. The molecule has 1 saturated heterocycles. The van der Waals surface area contributed by atoms with Gasteiger partial charge in [-0.1, -0.05) is 0 Å². The van der Waals surface area contributed by atoms with Crippen LogP contribution in [0.25, 0.3) is 0 Å². The van der Waals surface area contributed by atoms with Crippen LogP contribution in [0, 0.1) is 6.92 Å². The van der Waals surface area contributed by atoms with Crippen LogP contribution < -0.4 is 4.74 Å². The summed E-state index contributed by atoms with van der Waals surface area (Å²) in [6, 6.07) is 6.97. The third kappa shape index (κ3) is 3.29.